The number of hydrogen-bond donors (Lipinski definition) is 3. The van der Waals surface area contributed by atoms with Gasteiger partial charge in [-0.2, -0.15) is 5.10 Å². The Morgan fingerprint density at radius 3 is 2.76 bits per heavy atom. The third kappa shape index (κ3) is 3.69. The molecule has 0 radical (unpaired) electrons. The summed E-state index contributed by atoms with van der Waals surface area (Å²) in [6.45, 7) is 3.87. The fourth-order valence-electron chi connectivity index (χ4n) is 1.99. The summed E-state index contributed by atoms with van der Waals surface area (Å²) in [6.07, 6.45) is 3.34. The second-order valence-corrected chi connectivity index (χ2v) is 6.67. The molecule has 0 aromatic carbocycles. The summed E-state index contributed by atoms with van der Waals surface area (Å²) in [5.74, 6) is 0.619. The van der Waals surface area contributed by atoms with Crippen LogP contribution >= 0.6 is 0 Å². The summed E-state index contributed by atoms with van der Waals surface area (Å²) in [6, 6.07) is 1.56. The lowest BCUT2D eigenvalue weighted by Gasteiger charge is -2.10. The number of sulfonamides is 1. The molecule has 0 saturated carbocycles. The molecule has 0 amide bonds. The highest BCUT2D eigenvalue weighted by Gasteiger charge is 2.18. The van der Waals surface area contributed by atoms with Gasteiger partial charge in [0.15, 0.2) is 0 Å². The summed E-state index contributed by atoms with van der Waals surface area (Å²) < 4.78 is 28.7. The van der Waals surface area contributed by atoms with E-state index in [0.717, 1.165) is 0 Å². The van der Waals surface area contributed by atoms with Gasteiger partial charge >= 0.3 is 0 Å². The molecule has 0 aliphatic rings. The average Bonchev–Trinajstić information content (AvgIpc) is 3.07. The van der Waals surface area contributed by atoms with E-state index in [-0.39, 0.29) is 24.1 Å². The van der Waals surface area contributed by atoms with Gasteiger partial charge in [-0.05, 0) is 19.9 Å². The molecule has 0 unspecified atom stereocenters. The van der Waals surface area contributed by atoms with E-state index in [0.29, 0.717) is 17.9 Å². The smallest absolute Gasteiger partial charge is 0.242 e. The van der Waals surface area contributed by atoms with Gasteiger partial charge in [0.1, 0.15) is 12.2 Å². The molecule has 2 aromatic rings. The average molecular weight is 313 g/mol. The zero-order valence-corrected chi connectivity index (χ0v) is 12.8. The molecule has 21 heavy (non-hydrogen) atoms. The molecule has 0 atom stereocenters. The van der Waals surface area contributed by atoms with E-state index in [4.69, 9.17) is 0 Å². The lowest BCUT2D eigenvalue weighted by molar-refractivity contribution is 0.268. The highest BCUT2D eigenvalue weighted by Crippen LogP contribution is 2.18. The van der Waals surface area contributed by atoms with Crippen LogP contribution < -0.4 is 4.72 Å². The Kier molecular flexibility index (Phi) is 4.76. The number of aromatic amines is 1. The molecular weight excluding hydrogens is 294 g/mol. The third-order valence-corrected chi connectivity index (χ3v) is 4.48. The Bertz CT molecular complexity index is 676. The van der Waals surface area contributed by atoms with Crippen LogP contribution in [0.3, 0.4) is 0 Å². The van der Waals surface area contributed by atoms with Crippen molar-refractivity contribution in [2.75, 3.05) is 6.54 Å². The standard InChI is InChI=1S/C12H19N5O3S/c1-9(2)17-6-11(5-10(17)7-18)21(19,20)15-4-3-12-13-8-14-16-12/h5-6,8-9,15,18H,3-4,7H2,1-2H3,(H,13,14,16). The molecule has 2 aromatic heterocycles. The van der Waals surface area contributed by atoms with Gasteiger partial charge in [0, 0.05) is 30.9 Å². The van der Waals surface area contributed by atoms with Crippen LogP contribution in [0.2, 0.25) is 0 Å². The highest BCUT2D eigenvalue weighted by molar-refractivity contribution is 7.89. The van der Waals surface area contributed by atoms with E-state index in [1.54, 1.807) is 4.57 Å². The quantitative estimate of drug-likeness (QED) is 0.676. The first-order chi connectivity index (χ1) is 9.94. The Morgan fingerprint density at radius 1 is 1.48 bits per heavy atom. The second kappa shape index (κ2) is 6.37. The Hall–Kier alpha value is -1.71. The van der Waals surface area contributed by atoms with E-state index < -0.39 is 10.0 Å². The number of aliphatic hydroxyl groups is 1. The lowest BCUT2D eigenvalue weighted by atomic mass is 10.3. The zero-order valence-electron chi connectivity index (χ0n) is 11.9. The molecule has 8 nitrogen and oxygen atoms in total. The number of nitrogens with zero attached hydrogens (tertiary/aromatic N) is 3. The van der Waals surface area contributed by atoms with Crippen molar-refractivity contribution in [2.24, 2.45) is 0 Å². The predicted molar refractivity (Wildman–Crippen MR) is 76.0 cm³/mol. The van der Waals surface area contributed by atoms with Crippen molar-refractivity contribution in [2.45, 2.75) is 37.8 Å². The van der Waals surface area contributed by atoms with Gasteiger partial charge in [0.2, 0.25) is 10.0 Å². The Morgan fingerprint density at radius 2 is 2.24 bits per heavy atom. The van der Waals surface area contributed by atoms with Gasteiger partial charge in [-0.3, -0.25) is 5.10 Å². The molecule has 116 valence electrons. The minimum Gasteiger partial charge on any atom is -0.390 e. The van der Waals surface area contributed by atoms with Crippen LogP contribution in [0.5, 0.6) is 0 Å². The molecule has 9 heteroatoms. The van der Waals surface area contributed by atoms with E-state index in [1.165, 1.54) is 18.6 Å². The molecule has 3 N–H and O–H groups in total. The van der Waals surface area contributed by atoms with Crippen molar-refractivity contribution in [1.82, 2.24) is 24.5 Å². The van der Waals surface area contributed by atoms with E-state index in [1.807, 2.05) is 13.8 Å². The number of rotatable bonds is 7. The fraction of sp³-hybridized carbons (Fsp3) is 0.500. The number of H-pyrrole nitrogens is 1. The van der Waals surface area contributed by atoms with E-state index in [2.05, 4.69) is 19.9 Å². The molecule has 0 bridgehead atoms. The lowest BCUT2D eigenvalue weighted by Crippen LogP contribution is -2.26. The van der Waals surface area contributed by atoms with Crippen molar-refractivity contribution in [1.29, 1.82) is 0 Å². The zero-order chi connectivity index (χ0) is 15.5. The molecule has 2 heterocycles. The topological polar surface area (TPSA) is 113 Å². The van der Waals surface area contributed by atoms with Gasteiger partial charge < -0.3 is 9.67 Å². The number of hydrogen-bond acceptors (Lipinski definition) is 5. The maximum atomic E-state index is 12.2. The number of aromatic nitrogens is 4. The summed E-state index contributed by atoms with van der Waals surface area (Å²) in [7, 11) is -3.60. The van der Waals surface area contributed by atoms with Crippen LogP contribution in [-0.4, -0.2) is 39.8 Å². The van der Waals surface area contributed by atoms with Gasteiger partial charge in [0.05, 0.1) is 11.5 Å². The number of nitrogens with one attached hydrogen (secondary N) is 2. The fourth-order valence-corrected chi connectivity index (χ4v) is 3.07. The molecule has 0 spiro atoms. The van der Waals surface area contributed by atoms with Gasteiger partial charge in [-0.25, -0.2) is 18.1 Å². The molecule has 0 saturated heterocycles. The van der Waals surface area contributed by atoms with Crippen molar-refractivity contribution in [3.05, 3.63) is 30.1 Å². The first-order valence-corrected chi connectivity index (χ1v) is 8.08. The highest BCUT2D eigenvalue weighted by atomic mass is 32.2. The van der Waals surface area contributed by atoms with Gasteiger partial charge in [0.25, 0.3) is 0 Å². The van der Waals surface area contributed by atoms with Crippen LogP contribution in [0.25, 0.3) is 0 Å². The van der Waals surface area contributed by atoms with Crippen LogP contribution in [-0.2, 0) is 23.1 Å². The Labute approximate surface area is 123 Å². The molecule has 0 fully saturated rings. The third-order valence-electron chi connectivity index (χ3n) is 3.05. The van der Waals surface area contributed by atoms with Crippen molar-refractivity contribution >= 4 is 10.0 Å². The molecular formula is C12H19N5O3S. The van der Waals surface area contributed by atoms with Crippen LogP contribution in [0, 0.1) is 0 Å². The number of aliphatic hydroxyl groups excluding tert-OH is 1. The maximum absolute atomic E-state index is 12.2. The normalized spacial score (nSPS) is 12.2. The summed E-state index contributed by atoms with van der Waals surface area (Å²) in [4.78, 5) is 4.08. The summed E-state index contributed by atoms with van der Waals surface area (Å²) in [5, 5.41) is 15.7. The van der Waals surface area contributed by atoms with Crippen molar-refractivity contribution < 1.29 is 13.5 Å². The minimum absolute atomic E-state index is 0.0743. The van der Waals surface area contributed by atoms with Crippen LogP contribution in [0.15, 0.2) is 23.5 Å². The van der Waals surface area contributed by atoms with Gasteiger partial charge in [-0.15, -0.1) is 0 Å². The van der Waals surface area contributed by atoms with Crippen LogP contribution in [0.4, 0.5) is 0 Å². The largest absolute Gasteiger partial charge is 0.390 e. The molecule has 0 aliphatic heterocycles. The van der Waals surface area contributed by atoms with Crippen LogP contribution in [0.1, 0.15) is 31.4 Å². The second-order valence-electron chi connectivity index (χ2n) is 4.91. The van der Waals surface area contributed by atoms with Crippen molar-refractivity contribution in [3.8, 4) is 0 Å². The first-order valence-electron chi connectivity index (χ1n) is 6.59. The Balaban J connectivity index is 2.08. The molecule has 2 rings (SSSR count). The van der Waals surface area contributed by atoms with E-state index >= 15 is 0 Å². The minimum atomic E-state index is -3.60. The SMILES string of the molecule is CC(C)n1cc(S(=O)(=O)NCCc2ncn[nH]2)cc1CO. The maximum Gasteiger partial charge on any atom is 0.242 e. The summed E-state index contributed by atoms with van der Waals surface area (Å²) in [5.41, 5.74) is 0.570. The predicted octanol–water partition coefficient (Wildman–Crippen LogP) is 0.200. The summed E-state index contributed by atoms with van der Waals surface area (Å²) >= 11 is 0. The van der Waals surface area contributed by atoms with Crippen molar-refractivity contribution in [3.63, 3.8) is 0 Å². The van der Waals surface area contributed by atoms with E-state index in [9.17, 15) is 13.5 Å². The molecule has 0 aliphatic carbocycles. The van der Waals surface area contributed by atoms with Gasteiger partial charge in [-0.1, -0.05) is 0 Å². The monoisotopic (exact) mass is 313 g/mol. The first kappa shape index (κ1) is 15.7.